The molecule has 3 rings (SSSR count). The molecule has 0 saturated heterocycles. The largest absolute Gasteiger partial charge is 0.326 e. The Labute approximate surface area is 126 Å². The van der Waals surface area contributed by atoms with Crippen molar-refractivity contribution in [2.45, 2.75) is 48.3 Å². The van der Waals surface area contributed by atoms with Crippen LogP contribution in [0.1, 0.15) is 37.3 Å². The number of tetrazole rings is 1. The lowest BCUT2D eigenvalue weighted by Gasteiger charge is -2.11. The molecular formula is C13H16ClN5S. The minimum Gasteiger partial charge on any atom is -0.326 e. The van der Waals surface area contributed by atoms with Crippen LogP contribution in [0, 0.1) is 0 Å². The van der Waals surface area contributed by atoms with Crippen molar-refractivity contribution in [2.24, 2.45) is 5.73 Å². The summed E-state index contributed by atoms with van der Waals surface area (Å²) >= 11 is 7.79. The maximum atomic E-state index is 6.28. The van der Waals surface area contributed by atoms with Crippen molar-refractivity contribution in [3.63, 3.8) is 0 Å². The molecule has 0 aliphatic heterocycles. The van der Waals surface area contributed by atoms with Crippen molar-refractivity contribution in [3.8, 4) is 0 Å². The van der Waals surface area contributed by atoms with Gasteiger partial charge in [0.1, 0.15) is 0 Å². The minimum absolute atomic E-state index is 0.426. The van der Waals surface area contributed by atoms with E-state index in [1.807, 2.05) is 22.9 Å². The van der Waals surface area contributed by atoms with Crippen LogP contribution >= 0.6 is 23.4 Å². The van der Waals surface area contributed by atoms with E-state index >= 15 is 0 Å². The maximum Gasteiger partial charge on any atom is 0.214 e. The van der Waals surface area contributed by atoms with Crippen LogP contribution in [0.3, 0.4) is 0 Å². The molecule has 106 valence electrons. The Bertz CT molecular complexity index is 594. The number of nitrogens with two attached hydrogens (primary N) is 1. The van der Waals surface area contributed by atoms with Crippen LogP contribution in [0.5, 0.6) is 0 Å². The highest BCUT2D eigenvalue weighted by Gasteiger charge is 2.22. The van der Waals surface area contributed by atoms with E-state index in [0.29, 0.717) is 17.6 Å². The van der Waals surface area contributed by atoms with Crippen molar-refractivity contribution in [3.05, 3.63) is 28.8 Å². The average molecular weight is 310 g/mol. The van der Waals surface area contributed by atoms with Gasteiger partial charge in [0.25, 0.3) is 0 Å². The fourth-order valence-corrected chi connectivity index (χ4v) is 3.65. The first-order chi connectivity index (χ1) is 9.78. The molecule has 5 nitrogen and oxygen atoms in total. The number of nitrogens with zero attached hydrogens (tertiary/aromatic N) is 4. The van der Waals surface area contributed by atoms with Gasteiger partial charge in [-0.15, -0.1) is 5.10 Å². The fourth-order valence-electron chi connectivity index (χ4n) is 2.48. The van der Waals surface area contributed by atoms with E-state index in [4.69, 9.17) is 17.3 Å². The van der Waals surface area contributed by atoms with Crippen molar-refractivity contribution < 1.29 is 0 Å². The van der Waals surface area contributed by atoms with Gasteiger partial charge in [0.15, 0.2) is 0 Å². The quantitative estimate of drug-likeness (QED) is 0.940. The molecule has 1 aliphatic carbocycles. The maximum absolute atomic E-state index is 6.28. The van der Waals surface area contributed by atoms with Gasteiger partial charge in [-0.25, -0.2) is 4.68 Å². The summed E-state index contributed by atoms with van der Waals surface area (Å²) < 4.78 is 1.94. The molecule has 7 heteroatoms. The normalized spacial score (nSPS) is 15.9. The van der Waals surface area contributed by atoms with Crippen LogP contribution in [-0.4, -0.2) is 20.2 Å². The Hall–Kier alpha value is -1.11. The van der Waals surface area contributed by atoms with E-state index < -0.39 is 0 Å². The molecule has 1 saturated carbocycles. The lowest BCUT2D eigenvalue weighted by atomic mass is 10.2. The Kier molecular flexibility index (Phi) is 4.24. The minimum atomic E-state index is 0.426. The van der Waals surface area contributed by atoms with Gasteiger partial charge < -0.3 is 5.73 Å². The van der Waals surface area contributed by atoms with E-state index in [9.17, 15) is 0 Å². The number of hydrogen-bond donors (Lipinski definition) is 1. The summed E-state index contributed by atoms with van der Waals surface area (Å²) in [5.74, 6) is 0. The molecule has 1 aromatic carbocycles. The number of benzene rings is 1. The molecule has 0 unspecified atom stereocenters. The Balaban J connectivity index is 1.83. The van der Waals surface area contributed by atoms with Crippen LogP contribution < -0.4 is 5.73 Å². The SMILES string of the molecule is NCc1ccc(Sc2nnnn2C2CCCC2)c(Cl)c1. The molecule has 0 spiro atoms. The summed E-state index contributed by atoms with van der Waals surface area (Å²) in [5, 5.41) is 13.6. The number of hydrogen-bond acceptors (Lipinski definition) is 5. The topological polar surface area (TPSA) is 69.6 Å². The number of aromatic nitrogens is 4. The second kappa shape index (κ2) is 6.11. The van der Waals surface area contributed by atoms with Gasteiger partial charge in [0.2, 0.25) is 5.16 Å². The van der Waals surface area contributed by atoms with Crippen LogP contribution in [0.25, 0.3) is 0 Å². The summed E-state index contributed by atoms with van der Waals surface area (Å²) in [6.45, 7) is 0.491. The van der Waals surface area contributed by atoms with E-state index in [2.05, 4.69) is 15.5 Å². The van der Waals surface area contributed by atoms with E-state index in [1.165, 1.54) is 24.6 Å². The highest BCUT2D eigenvalue weighted by molar-refractivity contribution is 7.99. The molecule has 0 bridgehead atoms. The molecule has 1 aromatic heterocycles. The zero-order valence-electron chi connectivity index (χ0n) is 11.0. The first kappa shape index (κ1) is 13.9. The fraction of sp³-hybridized carbons (Fsp3) is 0.462. The molecule has 0 atom stereocenters. The van der Waals surface area contributed by atoms with Crippen molar-refractivity contribution in [1.29, 1.82) is 0 Å². The van der Waals surface area contributed by atoms with E-state index in [1.54, 1.807) is 0 Å². The highest BCUT2D eigenvalue weighted by Crippen LogP contribution is 2.36. The second-order valence-corrected chi connectivity index (χ2v) is 6.33. The number of halogens is 1. The van der Waals surface area contributed by atoms with Crippen LogP contribution in [0.4, 0.5) is 0 Å². The van der Waals surface area contributed by atoms with Crippen molar-refractivity contribution in [1.82, 2.24) is 20.2 Å². The average Bonchev–Trinajstić information content (AvgIpc) is 3.11. The first-order valence-electron chi connectivity index (χ1n) is 6.72. The first-order valence-corrected chi connectivity index (χ1v) is 7.91. The molecule has 1 aliphatic rings. The van der Waals surface area contributed by atoms with Gasteiger partial charge in [-0.1, -0.05) is 30.5 Å². The zero-order valence-corrected chi connectivity index (χ0v) is 12.6. The summed E-state index contributed by atoms with van der Waals surface area (Å²) in [6.07, 6.45) is 4.80. The molecule has 2 N–H and O–H groups in total. The van der Waals surface area contributed by atoms with Gasteiger partial charge in [0, 0.05) is 11.4 Å². The van der Waals surface area contributed by atoms with E-state index in [0.717, 1.165) is 28.5 Å². The van der Waals surface area contributed by atoms with Gasteiger partial charge in [0.05, 0.1) is 11.1 Å². The highest BCUT2D eigenvalue weighted by atomic mass is 35.5. The summed E-state index contributed by atoms with van der Waals surface area (Å²) in [5.41, 5.74) is 6.63. The lowest BCUT2D eigenvalue weighted by Crippen LogP contribution is -2.08. The van der Waals surface area contributed by atoms with Gasteiger partial charge >= 0.3 is 0 Å². The molecule has 1 heterocycles. The summed E-state index contributed by atoms with van der Waals surface area (Å²) in [6, 6.07) is 6.28. The molecule has 0 amide bonds. The van der Waals surface area contributed by atoms with Gasteiger partial charge in [-0.05, 0) is 52.7 Å². The molecule has 1 fully saturated rings. The second-order valence-electron chi connectivity index (χ2n) is 4.92. The Morgan fingerprint density at radius 2 is 2.15 bits per heavy atom. The third kappa shape index (κ3) is 2.82. The predicted molar refractivity (Wildman–Crippen MR) is 78.8 cm³/mol. The Morgan fingerprint density at radius 1 is 1.35 bits per heavy atom. The predicted octanol–water partition coefficient (Wildman–Crippen LogP) is 3.05. The lowest BCUT2D eigenvalue weighted by molar-refractivity contribution is 0.423. The van der Waals surface area contributed by atoms with Gasteiger partial charge in [-0.2, -0.15) is 0 Å². The smallest absolute Gasteiger partial charge is 0.214 e. The molecule has 2 aromatic rings. The zero-order chi connectivity index (χ0) is 13.9. The monoisotopic (exact) mass is 309 g/mol. The molecular weight excluding hydrogens is 294 g/mol. The van der Waals surface area contributed by atoms with Crippen LogP contribution in [0.15, 0.2) is 28.3 Å². The van der Waals surface area contributed by atoms with Crippen LogP contribution in [-0.2, 0) is 6.54 Å². The van der Waals surface area contributed by atoms with Gasteiger partial charge in [-0.3, -0.25) is 0 Å². The number of rotatable bonds is 4. The molecule has 0 radical (unpaired) electrons. The van der Waals surface area contributed by atoms with Crippen molar-refractivity contribution in [2.75, 3.05) is 0 Å². The van der Waals surface area contributed by atoms with Crippen LogP contribution in [0.2, 0.25) is 5.02 Å². The summed E-state index contributed by atoms with van der Waals surface area (Å²) in [4.78, 5) is 0.956. The third-order valence-corrected chi connectivity index (χ3v) is 5.02. The summed E-state index contributed by atoms with van der Waals surface area (Å²) in [7, 11) is 0. The van der Waals surface area contributed by atoms with Crippen molar-refractivity contribution >= 4 is 23.4 Å². The Morgan fingerprint density at radius 3 is 2.85 bits per heavy atom. The third-order valence-electron chi connectivity index (χ3n) is 3.57. The standard InChI is InChI=1S/C13H16ClN5S/c14-11-7-9(8-15)5-6-12(11)20-13-16-17-18-19(13)10-3-1-2-4-10/h5-7,10H,1-4,8,15H2. The van der Waals surface area contributed by atoms with E-state index in [-0.39, 0.29) is 0 Å². The molecule has 20 heavy (non-hydrogen) atoms.